The van der Waals surface area contributed by atoms with Gasteiger partial charge in [0.25, 0.3) is 0 Å². The first-order valence-corrected chi connectivity index (χ1v) is 8.79. The van der Waals surface area contributed by atoms with Gasteiger partial charge in [0, 0.05) is 55.8 Å². The highest BCUT2D eigenvalue weighted by molar-refractivity contribution is 5.55. The Kier molecular flexibility index (Phi) is 5.26. The first-order chi connectivity index (χ1) is 11.6. The van der Waals surface area contributed by atoms with Gasteiger partial charge in [-0.1, -0.05) is 12.1 Å². The summed E-state index contributed by atoms with van der Waals surface area (Å²) in [5, 5.41) is 3.46. The Balaban J connectivity index is 1.53. The Morgan fingerprint density at radius 1 is 0.917 bits per heavy atom. The van der Waals surface area contributed by atoms with Crippen LogP contribution in [0.15, 0.2) is 48.5 Å². The van der Waals surface area contributed by atoms with Gasteiger partial charge in [-0.15, -0.1) is 0 Å². The lowest BCUT2D eigenvalue weighted by molar-refractivity contribution is 0.209. The normalized spacial score (nSPS) is 15.7. The van der Waals surface area contributed by atoms with Gasteiger partial charge in [-0.2, -0.15) is 0 Å². The lowest BCUT2D eigenvalue weighted by atomic mass is 10.2. The molecule has 3 N–H and O–H groups in total. The number of hydrogen-bond acceptors (Lipinski definition) is 4. The zero-order valence-corrected chi connectivity index (χ0v) is 14.7. The first-order valence-electron chi connectivity index (χ1n) is 8.79. The summed E-state index contributed by atoms with van der Waals surface area (Å²) < 4.78 is 0. The Bertz CT molecular complexity index is 626. The van der Waals surface area contributed by atoms with Crippen molar-refractivity contribution in [2.24, 2.45) is 0 Å². The van der Waals surface area contributed by atoms with Gasteiger partial charge in [-0.05, 0) is 55.8 Å². The molecule has 0 amide bonds. The van der Waals surface area contributed by atoms with Crippen molar-refractivity contribution in [1.29, 1.82) is 0 Å². The third-order valence-corrected chi connectivity index (χ3v) is 4.75. The fraction of sp³-hybridized carbons (Fsp3) is 0.400. The van der Waals surface area contributed by atoms with E-state index >= 15 is 0 Å². The molecule has 0 saturated carbocycles. The van der Waals surface area contributed by atoms with Crippen molar-refractivity contribution < 1.29 is 0 Å². The average molecular weight is 324 g/mol. The van der Waals surface area contributed by atoms with Crippen molar-refractivity contribution in [1.82, 2.24) is 4.90 Å². The van der Waals surface area contributed by atoms with E-state index in [1.54, 1.807) is 0 Å². The molecule has 1 fully saturated rings. The van der Waals surface area contributed by atoms with Gasteiger partial charge >= 0.3 is 0 Å². The molecule has 128 valence electrons. The van der Waals surface area contributed by atoms with Gasteiger partial charge in [0.05, 0.1) is 0 Å². The molecule has 1 heterocycles. The minimum atomic E-state index is 0.645. The summed E-state index contributed by atoms with van der Waals surface area (Å²) in [6.07, 6.45) is 0. The van der Waals surface area contributed by atoms with Crippen LogP contribution in [0.3, 0.4) is 0 Å². The molecule has 2 aromatic rings. The molecule has 1 saturated heterocycles. The standard InChI is InChI=1S/C20H28N4/c1-16(2)23-11-13-24(14-12-23)20-9-7-19(8-10-20)22-15-17-3-5-18(21)6-4-17/h3-10,16,22H,11-15,21H2,1-2H3. The quantitative estimate of drug-likeness (QED) is 0.827. The lowest BCUT2D eigenvalue weighted by Crippen LogP contribution is -2.48. The van der Waals surface area contributed by atoms with E-state index in [4.69, 9.17) is 5.73 Å². The highest BCUT2D eigenvalue weighted by atomic mass is 15.3. The van der Waals surface area contributed by atoms with Crippen LogP contribution in [-0.2, 0) is 6.54 Å². The molecule has 0 unspecified atom stereocenters. The van der Waals surface area contributed by atoms with E-state index in [1.165, 1.54) is 11.3 Å². The Hall–Kier alpha value is -2.20. The monoisotopic (exact) mass is 324 g/mol. The number of anilines is 3. The molecule has 1 aliphatic heterocycles. The molecule has 0 atom stereocenters. The Morgan fingerprint density at radius 2 is 1.54 bits per heavy atom. The van der Waals surface area contributed by atoms with Gasteiger partial charge < -0.3 is 16.0 Å². The van der Waals surface area contributed by atoms with Crippen molar-refractivity contribution in [3.8, 4) is 0 Å². The summed E-state index contributed by atoms with van der Waals surface area (Å²) in [6.45, 7) is 9.87. The molecule has 0 bridgehead atoms. The SMILES string of the molecule is CC(C)N1CCN(c2ccc(NCc3ccc(N)cc3)cc2)CC1. The van der Waals surface area contributed by atoms with Gasteiger partial charge in [-0.3, -0.25) is 4.90 Å². The van der Waals surface area contributed by atoms with E-state index in [9.17, 15) is 0 Å². The average Bonchev–Trinajstić information content (AvgIpc) is 2.62. The van der Waals surface area contributed by atoms with Crippen molar-refractivity contribution in [3.05, 3.63) is 54.1 Å². The van der Waals surface area contributed by atoms with Gasteiger partial charge in [0.15, 0.2) is 0 Å². The van der Waals surface area contributed by atoms with Gasteiger partial charge in [0.2, 0.25) is 0 Å². The Morgan fingerprint density at radius 3 is 2.12 bits per heavy atom. The predicted molar refractivity (Wildman–Crippen MR) is 104 cm³/mol. The molecule has 0 radical (unpaired) electrons. The maximum atomic E-state index is 5.72. The van der Waals surface area contributed by atoms with Crippen molar-refractivity contribution in [2.75, 3.05) is 42.1 Å². The van der Waals surface area contributed by atoms with Crippen molar-refractivity contribution in [2.45, 2.75) is 26.4 Å². The zero-order valence-electron chi connectivity index (χ0n) is 14.7. The first kappa shape index (κ1) is 16.7. The molecule has 4 heteroatoms. The molecule has 24 heavy (non-hydrogen) atoms. The van der Waals surface area contributed by atoms with Crippen LogP contribution in [0.2, 0.25) is 0 Å². The number of benzene rings is 2. The number of nitrogens with one attached hydrogen (secondary N) is 1. The van der Waals surface area contributed by atoms with E-state index in [0.717, 1.165) is 44.1 Å². The number of rotatable bonds is 5. The number of nitrogen functional groups attached to an aromatic ring is 1. The fourth-order valence-electron chi connectivity index (χ4n) is 3.13. The molecular formula is C20H28N4. The van der Waals surface area contributed by atoms with Gasteiger partial charge in [-0.25, -0.2) is 0 Å². The number of hydrogen-bond donors (Lipinski definition) is 2. The molecule has 3 rings (SSSR count). The topological polar surface area (TPSA) is 44.5 Å². The summed E-state index contributed by atoms with van der Waals surface area (Å²) in [7, 11) is 0. The molecule has 0 spiro atoms. The van der Waals surface area contributed by atoms with Gasteiger partial charge in [0.1, 0.15) is 0 Å². The minimum Gasteiger partial charge on any atom is -0.399 e. The second-order valence-electron chi connectivity index (χ2n) is 6.76. The van der Waals surface area contributed by atoms with Crippen molar-refractivity contribution in [3.63, 3.8) is 0 Å². The van der Waals surface area contributed by atoms with E-state index in [0.29, 0.717) is 6.04 Å². The highest BCUT2D eigenvalue weighted by Crippen LogP contribution is 2.20. The highest BCUT2D eigenvalue weighted by Gasteiger charge is 2.18. The zero-order chi connectivity index (χ0) is 16.9. The molecular weight excluding hydrogens is 296 g/mol. The molecule has 4 nitrogen and oxygen atoms in total. The lowest BCUT2D eigenvalue weighted by Gasteiger charge is -2.38. The maximum absolute atomic E-state index is 5.72. The second kappa shape index (κ2) is 7.58. The summed E-state index contributed by atoms with van der Waals surface area (Å²) in [5.74, 6) is 0. The van der Waals surface area contributed by atoms with E-state index in [2.05, 4.69) is 65.4 Å². The van der Waals surface area contributed by atoms with Crippen LogP contribution >= 0.6 is 0 Å². The van der Waals surface area contributed by atoms with Crippen LogP contribution in [0, 0.1) is 0 Å². The maximum Gasteiger partial charge on any atom is 0.0400 e. The van der Waals surface area contributed by atoms with E-state index in [1.807, 2.05) is 12.1 Å². The van der Waals surface area contributed by atoms with Crippen LogP contribution in [0.5, 0.6) is 0 Å². The predicted octanol–water partition coefficient (Wildman–Crippen LogP) is 3.41. The third kappa shape index (κ3) is 4.20. The van der Waals surface area contributed by atoms with E-state index < -0.39 is 0 Å². The summed E-state index contributed by atoms with van der Waals surface area (Å²) >= 11 is 0. The summed E-state index contributed by atoms with van der Waals surface area (Å²) in [4.78, 5) is 5.02. The van der Waals surface area contributed by atoms with Crippen LogP contribution in [0.4, 0.5) is 17.1 Å². The molecule has 0 aromatic heterocycles. The van der Waals surface area contributed by atoms with Crippen LogP contribution in [0.1, 0.15) is 19.4 Å². The van der Waals surface area contributed by atoms with Crippen LogP contribution in [0.25, 0.3) is 0 Å². The third-order valence-electron chi connectivity index (χ3n) is 4.75. The molecule has 0 aliphatic carbocycles. The summed E-state index contributed by atoms with van der Waals surface area (Å²) in [5.41, 5.74) is 10.2. The molecule has 1 aliphatic rings. The smallest absolute Gasteiger partial charge is 0.0400 e. The number of nitrogens with two attached hydrogens (primary N) is 1. The fourth-order valence-corrected chi connectivity index (χ4v) is 3.13. The van der Waals surface area contributed by atoms with E-state index in [-0.39, 0.29) is 0 Å². The molecule has 2 aromatic carbocycles. The largest absolute Gasteiger partial charge is 0.399 e. The second-order valence-corrected chi connectivity index (χ2v) is 6.76. The minimum absolute atomic E-state index is 0.645. The number of nitrogens with zero attached hydrogens (tertiary/aromatic N) is 2. The van der Waals surface area contributed by atoms with Crippen LogP contribution < -0.4 is 16.0 Å². The number of piperazine rings is 1. The summed E-state index contributed by atoms with van der Waals surface area (Å²) in [6, 6.07) is 17.4. The van der Waals surface area contributed by atoms with Crippen molar-refractivity contribution >= 4 is 17.1 Å². The van der Waals surface area contributed by atoms with Crippen LogP contribution in [-0.4, -0.2) is 37.1 Å². The Labute approximate surface area is 145 Å².